The van der Waals surface area contributed by atoms with Crippen LogP contribution in [0.1, 0.15) is 35.2 Å². The summed E-state index contributed by atoms with van der Waals surface area (Å²) in [5.41, 5.74) is 2.58. The summed E-state index contributed by atoms with van der Waals surface area (Å²) >= 11 is 0. The van der Waals surface area contributed by atoms with E-state index in [0.29, 0.717) is 16.8 Å². The van der Waals surface area contributed by atoms with Crippen LogP contribution in [0, 0.1) is 0 Å². The van der Waals surface area contributed by atoms with Crippen molar-refractivity contribution in [2.45, 2.75) is 29.9 Å². The monoisotopic (exact) mass is 435 g/mol. The average molecular weight is 436 g/mol. The number of nitrogens with one attached hydrogen (secondary N) is 1. The van der Waals surface area contributed by atoms with Gasteiger partial charge in [-0.15, -0.1) is 0 Å². The summed E-state index contributed by atoms with van der Waals surface area (Å²) in [6.45, 7) is 1.86. The van der Waals surface area contributed by atoms with Gasteiger partial charge >= 0.3 is 0 Å². The Morgan fingerprint density at radius 2 is 1.74 bits per heavy atom. The van der Waals surface area contributed by atoms with Crippen molar-refractivity contribution in [3.8, 4) is 0 Å². The Morgan fingerprint density at radius 3 is 2.52 bits per heavy atom. The normalized spacial score (nSPS) is 14.3. The second-order valence-electron chi connectivity index (χ2n) is 7.67. The van der Waals surface area contributed by atoms with E-state index in [2.05, 4.69) is 15.2 Å². The second kappa shape index (κ2) is 9.31. The van der Waals surface area contributed by atoms with Gasteiger partial charge in [0, 0.05) is 24.8 Å². The van der Waals surface area contributed by atoms with Gasteiger partial charge in [-0.3, -0.25) is 9.78 Å². The molecule has 0 bridgehead atoms. The Balaban J connectivity index is 1.54. The van der Waals surface area contributed by atoms with E-state index in [9.17, 15) is 13.2 Å². The number of hydrogen-bond donors (Lipinski definition) is 1. The lowest BCUT2D eigenvalue weighted by Gasteiger charge is -2.30. The molecule has 6 nitrogen and oxygen atoms in total. The molecule has 1 amide bonds. The van der Waals surface area contributed by atoms with Crippen LogP contribution in [0.3, 0.4) is 0 Å². The fraction of sp³-hybridized carbons (Fsp3) is 0.250. The van der Waals surface area contributed by atoms with Crippen LogP contribution in [0.4, 0.5) is 11.4 Å². The third-order valence-corrected chi connectivity index (χ3v) is 7.09. The number of carbonyl (C=O) groups is 1. The van der Waals surface area contributed by atoms with Crippen LogP contribution in [0.2, 0.25) is 0 Å². The molecule has 0 spiro atoms. The number of amides is 1. The van der Waals surface area contributed by atoms with Crippen molar-refractivity contribution in [1.82, 2.24) is 4.98 Å². The molecule has 0 saturated carbocycles. The zero-order valence-corrected chi connectivity index (χ0v) is 18.0. The number of anilines is 2. The van der Waals surface area contributed by atoms with Gasteiger partial charge in [0.2, 0.25) is 0 Å². The standard InChI is InChI=1S/C24H25N3O3S/c28-24(26-22-12-13-25-17-23(22)27-14-5-2-6-15-27)20-10-7-11-21(16-20)31(29,30)18-19-8-3-1-4-9-19/h1,3-4,7-13,16-17H,2,5-6,14-15,18H2,(H,25,26,28). The van der Waals surface area contributed by atoms with Crippen molar-refractivity contribution in [1.29, 1.82) is 0 Å². The molecule has 160 valence electrons. The van der Waals surface area contributed by atoms with Crippen LogP contribution in [0.15, 0.2) is 78.0 Å². The molecule has 2 heterocycles. The molecule has 0 unspecified atom stereocenters. The highest BCUT2D eigenvalue weighted by Gasteiger charge is 2.19. The number of hydrogen-bond acceptors (Lipinski definition) is 5. The Bertz CT molecular complexity index is 1160. The van der Waals surface area contributed by atoms with Gasteiger partial charge < -0.3 is 10.2 Å². The van der Waals surface area contributed by atoms with Gasteiger partial charge in [0.05, 0.1) is 28.2 Å². The van der Waals surface area contributed by atoms with Crippen LogP contribution in [-0.4, -0.2) is 32.4 Å². The SMILES string of the molecule is O=C(Nc1ccncc1N1CCCCC1)c1cccc(S(=O)(=O)Cc2ccccc2)c1. The largest absolute Gasteiger partial charge is 0.369 e. The van der Waals surface area contributed by atoms with Crippen LogP contribution in [0.5, 0.6) is 0 Å². The number of aromatic nitrogens is 1. The number of sulfone groups is 1. The maximum absolute atomic E-state index is 12.9. The molecule has 1 fully saturated rings. The summed E-state index contributed by atoms with van der Waals surface area (Å²) in [5, 5.41) is 2.94. The van der Waals surface area contributed by atoms with Crippen LogP contribution >= 0.6 is 0 Å². The van der Waals surface area contributed by atoms with E-state index in [4.69, 9.17) is 0 Å². The first-order chi connectivity index (χ1) is 15.0. The summed E-state index contributed by atoms with van der Waals surface area (Å²) in [4.78, 5) is 19.5. The number of piperidine rings is 1. The number of nitrogens with zero attached hydrogens (tertiary/aromatic N) is 2. The molecule has 1 saturated heterocycles. The van der Waals surface area contributed by atoms with E-state index < -0.39 is 9.84 Å². The van der Waals surface area contributed by atoms with Gasteiger partial charge in [-0.2, -0.15) is 0 Å². The highest BCUT2D eigenvalue weighted by molar-refractivity contribution is 7.90. The first-order valence-corrected chi connectivity index (χ1v) is 12.1. The van der Waals surface area contributed by atoms with Gasteiger partial charge in [-0.25, -0.2) is 8.42 Å². The van der Waals surface area contributed by atoms with Crippen LogP contribution in [-0.2, 0) is 15.6 Å². The molecular formula is C24H25N3O3S. The molecule has 31 heavy (non-hydrogen) atoms. The van der Waals surface area contributed by atoms with Gasteiger partial charge in [-0.05, 0) is 49.1 Å². The minimum Gasteiger partial charge on any atom is -0.369 e. The molecular weight excluding hydrogens is 410 g/mol. The van der Waals surface area contributed by atoms with Crippen molar-refractivity contribution < 1.29 is 13.2 Å². The van der Waals surface area contributed by atoms with E-state index in [-0.39, 0.29) is 16.6 Å². The van der Waals surface area contributed by atoms with Crippen molar-refractivity contribution in [3.63, 3.8) is 0 Å². The molecule has 1 N–H and O–H groups in total. The minimum absolute atomic E-state index is 0.109. The molecule has 7 heteroatoms. The smallest absolute Gasteiger partial charge is 0.255 e. The van der Waals surface area contributed by atoms with Crippen LogP contribution < -0.4 is 10.2 Å². The molecule has 1 aromatic heterocycles. The molecule has 0 radical (unpaired) electrons. The molecule has 2 aromatic carbocycles. The topological polar surface area (TPSA) is 79.4 Å². The highest BCUT2D eigenvalue weighted by atomic mass is 32.2. The first kappa shape index (κ1) is 21.1. The van der Waals surface area contributed by atoms with E-state index in [0.717, 1.165) is 31.6 Å². The molecule has 3 aromatic rings. The molecule has 4 rings (SSSR count). The van der Waals surface area contributed by atoms with E-state index in [1.54, 1.807) is 42.7 Å². The fourth-order valence-electron chi connectivity index (χ4n) is 3.78. The Kier molecular flexibility index (Phi) is 6.32. The number of benzene rings is 2. The zero-order chi connectivity index (χ0) is 21.7. The minimum atomic E-state index is -3.57. The Morgan fingerprint density at radius 1 is 0.968 bits per heavy atom. The zero-order valence-electron chi connectivity index (χ0n) is 17.2. The summed E-state index contributed by atoms with van der Waals surface area (Å²) in [6.07, 6.45) is 6.85. The highest BCUT2D eigenvalue weighted by Crippen LogP contribution is 2.28. The first-order valence-electron chi connectivity index (χ1n) is 10.4. The number of carbonyl (C=O) groups excluding carboxylic acids is 1. The fourth-order valence-corrected chi connectivity index (χ4v) is 5.17. The lowest BCUT2D eigenvalue weighted by atomic mass is 10.1. The van der Waals surface area contributed by atoms with E-state index in [1.807, 2.05) is 18.2 Å². The maximum Gasteiger partial charge on any atom is 0.255 e. The average Bonchev–Trinajstić information content (AvgIpc) is 2.80. The lowest BCUT2D eigenvalue weighted by Crippen LogP contribution is -2.30. The number of rotatable bonds is 6. The van der Waals surface area contributed by atoms with Gasteiger partial charge in [-0.1, -0.05) is 36.4 Å². The summed E-state index contributed by atoms with van der Waals surface area (Å²) in [7, 11) is -3.57. The van der Waals surface area contributed by atoms with Crippen molar-refractivity contribution in [3.05, 3.63) is 84.2 Å². The van der Waals surface area contributed by atoms with E-state index in [1.165, 1.54) is 18.6 Å². The molecule has 0 atom stereocenters. The van der Waals surface area contributed by atoms with Gasteiger partial charge in [0.25, 0.3) is 5.91 Å². The summed E-state index contributed by atoms with van der Waals surface area (Å²) in [6, 6.07) is 17.0. The van der Waals surface area contributed by atoms with Crippen molar-refractivity contribution >= 4 is 27.1 Å². The Labute approximate surface area is 182 Å². The summed E-state index contributed by atoms with van der Waals surface area (Å²) in [5.74, 6) is -0.455. The second-order valence-corrected chi connectivity index (χ2v) is 9.66. The lowest BCUT2D eigenvalue weighted by molar-refractivity contribution is 0.102. The molecule has 1 aliphatic rings. The van der Waals surface area contributed by atoms with Gasteiger partial charge in [0.1, 0.15) is 0 Å². The van der Waals surface area contributed by atoms with Gasteiger partial charge in [0.15, 0.2) is 9.84 Å². The van der Waals surface area contributed by atoms with Crippen LogP contribution in [0.25, 0.3) is 0 Å². The maximum atomic E-state index is 12.9. The quantitative estimate of drug-likeness (QED) is 0.625. The predicted molar refractivity (Wildman–Crippen MR) is 122 cm³/mol. The summed E-state index contributed by atoms with van der Waals surface area (Å²) < 4.78 is 25.7. The number of pyridine rings is 1. The Hall–Kier alpha value is -3.19. The third-order valence-electron chi connectivity index (χ3n) is 5.40. The molecule has 1 aliphatic heterocycles. The molecule has 0 aliphatic carbocycles. The third kappa shape index (κ3) is 5.11. The van der Waals surface area contributed by atoms with E-state index >= 15 is 0 Å². The van der Waals surface area contributed by atoms with Crippen molar-refractivity contribution in [2.24, 2.45) is 0 Å². The van der Waals surface area contributed by atoms with Crippen molar-refractivity contribution in [2.75, 3.05) is 23.3 Å². The predicted octanol–water partition coefficient (Wildman–Crippen LogP) is 4.30.